The fraction of sp³-hybridized carbons (Fsp3) is 0.0189. The first-order valence-corrected chi connectivity index (χ1v) is 21.2. The van der Waals surface area contributed by atoms with Crippen LogP contribution in [0, 0.1) is 36.0 Å². The number of halogens is 5. The number of fused-ring (bicyclic) bond motifs is 6. The van der Waals surface area contributed by atoms with Gasteiger partial charge in [-0.1, -0.05) is 0 Å². The van der Waals surface area contributed by atoms with Crippen LogP contribution in [0.1, 0.15) is 5.56 Å². The molecule has 6 aromatic carbocycles. The molecule has 6 heterocycles. The minimum atomic E-state index is -2.26. The lowest BCUT2D eigenvalue weighted by molar-refractivity contribution is 0.381. The minimum absolute atomic E-state index is 0.164. The summed E-state index contributed by atoms with van der Waals surface area (Å²) in [6, 6.07) is 32.7. The molecule has 12 aromatic rings. The van der Waals surface area contributed by atoms with Crippen molar-refractivity contribution in [2.24, 2.45) is 0 Å². The lowest BCUT2D eigenvalue weighted by atomic mass is 9.96. The molecule has 0 atom stereocenters. The van der Waals surface area contributed by atoms with Crippen LogP contribution in [-0.2, 0) is 0 Å². The fourth-order valence-electron chi connectivity index (χ4n) is 9.16. The Bertz CT molecular complexity index is 3760. The second-order valence-electron chi connectivity index (χ2n) is 15.9. The molecule has 0 amide bonds. The van der Waals surface area contributed by atoms with Gasteiger partial charge in [0.15, 0.2) is 46.6 Å². The van der Waals surface area contributed by atoms with Gasteiger partial charge in [0.25, 0.3) is 0 Å². The third kappa shape index (κ3) is 6.30. The highest BCUT2D eigenvalue weighted by atomic mass is 19.2. The molecule has 0 radical (unpaired) electrons. The van der Waals surface area contributed by atoms with E-state index in [2.05, 4.69) is 39.9 Å². The fourth-order valence-corrected chi connectivity index (χ4v) is 9.16. The second kappa shape index (κ2) is 15.8. The monoisotopic (exact) mass is 900 g/mol. The number of benzene rings is 6. The molecule has 0 saturated heterocycles. The van der Waals surface area contributed by atoms with E-state index in [0.29, 0.717) is 67.5 Å². The predicted molar refractivity (Wildman–Crippen MR) is 249 cm³/mol. The Morgan fingerprint density at radius 3 is 1.00 bits per heavy atom. The van der Waals surface area contributed by atoms with Gasteiger partial charge in [-0.2, -0.15) is 0 Å². The van der Waals surface area contributed by atoms with E-state index in [0.717, 1.165) is 32.9 Å². The normalized spacial score (nSPS) is 11.7. The van der Waals surface area contributed by atoms with E-state index in [-0.39, 0.29) is 11.3 Å². The zero-order chi connectivity index (χ0) is 46.2. The van der Waals surface area contributed by atoms with Crippen LogP contribution < -0.4 is 0 Å². The molecule has 0 fully saturated rings. The van der Waals surface area contributed by atoms with Crippen molar-refractivity contribution in [1.29, 1.82) is 0 Å². The summed E-state index contributed by atoms with van der Waals surface area (Å²) in [4.78, 5) is 35.9. The summed E-state index contributed by atoms with van der Waals surface area (Å²) >= 11 is 0. The van der Waals surface area contributed by atoms with Crippen molar-refractivity contribution in [1.82, 2.24) is 49.0 Å². The molecule has 15 heteroatoms. The van der Waals surface area contributed by atoms with E-state index in [1.807, 2.05) is 77.4 Å². The van der Waals surface area contributed by atoms with Crippen molar-refractivity contribution < 1.29 is 22.0 Å². The van der Waals surface area contributed by atoms with Gasteiger partial charge in [-0.3, -0.25) is 0 Å². The molecule has 0 N–H and O–H groups in total. The maximum atomic E-state index is 16.3. The van der Waals surface area contributed by atoms with Gasteiger partial charge in [-0.05, 0) is 122 Å². The highest BCUT2D eigenvalue weighted by Crippen LogP contribution is 2.45. The van der Waals surface area contributed by atoms with Crippen LogP contribution in [0.25, 0.3) is 112 Å². The van der Waals surface area contributed by atoms with Gasteiger partial charge in [-0.25, -0.2) is 61.8 Å². The van der Waals surface area contributed by atoms with E-state index >= 15 is 17.6 Å². The third-order valence-corrected chi connectivity index (χ3v) is 12.2. The largest absolute Gasteiger partial charge is 0.309 e. The quantitative estimate of drug-likeness (QED) is 0.0883. The van der Waals surface area contributed by atoms with E-state index in [9.17, 15) is 4.39 Å². The van der Waals surface area contributed by atoms with Gasteiger partial charge in [0.05, 0.1) is 39.0 Å². The van der Waals surface area contributed by atoms with Crippen LogP contribution in [-0.4, -0.2) is 49.0 Å². The summed E-state index contributed by atoms with van der Waals surface area (Å²) in [6.45, 7) is 1.77. The van der Waals surface area contributed by atoms with Crippen molar-refractivity contribution in [3.05, 3.63) is 193 Å². The Kier molecular flexibility index (Phi) is 9.39. The molecule has 12 rings (SSSR count). The van der Waals surface area contributed by atoms with Crippen LogP contribution in [0.4, 0.5) is 22.0 Å². The van der Waals surface area contributed by atoms with Gasteiger partial charge in [0, 0.05) is 98.9 Å². The molecule has 0 aliphatic rings. The van der Waals surface area contributed by atoms with Crippen LogP contribution in [0.15, 0.2) is 159 Å². The molecular weight excluding hydrogens is 872 g/mol. The average Bonchev–Trinajstić information content (AvgIpc) is 3.89. The first-order valence-electron chi connectivity index (χ1n) is 21.2. The Morgan fingerprint density at radius 2 is 0.662 bits per heavy atom. The summed E-state index contributed by atoms with van der Waals surface area (Å²) in [5.74, 6) is -8.39. The van der Waals surface area contributed by atoms with E-state index in [1.54, 1.807) is 91.4 Å². The molecular formula is C53H29F5N10. The number of aromatic nitrogens is 10. The molecule has 0 spiro atoms. The third-order valence-electron chi connectivity index (χ3n) is 12.2. The topological polar surface area (TPSA) is 113 Å². The zero-order valence-corrected chi connectivity index (χ0v) is 35.4. The molecule has 6 aromatic heterocycles. The lowest BCUT2D eigenvalue weighted by Crippen LogP contribution is -2.09. The molecule has 326 valence electrons. The first kappa shape index (κ1) is 40.4. The number of nitrogens with zero attached hydrogens (tertiary/aromatic N) is 10. The molecule has 10 nitrogen and oxygen atoms in total. The number of hydrogen-bond acceptors (Lipinski definition) is 8. The molecule has 0 bridgehead atoms. The van der Waals surface area contributed by atoms with E-state index < -0.39 is 34.6 Å². The molecule has 68 heavy (non-hydrogen) atoms. The first-order chi connectivity index (χ1) is 33.2. The maximum absolute atomic E-state index is 16.3. The Morgan fingerprint density at radius 1 is 0.353 bits per heavy atom. The minimum Gasteiger partial charge on any atom is -0.309 e. The molecule has 0 saturated carbocycles. The standard InChI is InChI=1S/C53H29F5N10/c1-28-38(67-39-11-6-29(50-59-16-2-17-60-50)24-34(39)35-25-30(7-12-40(35)67)51-61-18-3-19-62-51)15-10-33(43-44(54)46(56)48(58)47(57)45(43)55)49(28)68-41-13-8-31(52-63-20-4-21-64-52)26-36(41)37-27-32(9-14-42(37)68)53-65-22-5-23-66-53/h2-27H,1H3. The maximum Gasteiger partial charge on any atom is 0.200 e. The highest BCUT2D eigenvalue weighted by molar-refractivity contribution is 6.13. The molecule has 0 aliphatic heterocycles. The van der Waals surface area contributed by atoms with E-state index in [4.69, 9.17) is 0 Å². The van der Waals surface area contributed by atoms with Gasteiger partial charge >= 0.3 is 0 Å². The van der Waals surface area contributed by atoms with Crippen molar-refractivity contribution in [3.63, 3.8) is 0 Å². The number of rotatable bonds is 7. The van der Waals surface area contributed by atoms with Crippen molar-refractivity contribution in [2.75, 3.05) is 0 Å². The summed E-state index contributed by atoms with van der Waals surface area (Å²) in [7, 11) is 0. The highest BCUT2D eigenvalue weighted by Gasteiger charge is 2.31. The Labute approximate surface area is 381 Å². The smallest absolute Gasteiger partial charge is 0.200 e. The van der Waals surface area contributed by atoms with Crippen molar-refractivity contribution >= 4 is 43.6 Å². The summed E-state index contributed by atoms with van der Waals surface area (Å²) < 4.78 is 81.9. The van der Waals surface area contributed by atoms with Gasteiger partial charge < -0.3 is 9.13 Å². The van der Waals surface area contributed by atoms with Crippen LogP contribution in [0.5, 0.6) is 0 Å². The van der Waals surface area contributed by atoms with Crippen molar-refractivity contribution in [3.8, 4) is 68.1 Å². The molecule has 0 unspecified atom stereocenters. The predicted octanol–water partition coefficient (Wildman–Crippen LogP) is 12.4. The SMILES string of the molecule is Cc1c(-n2c3ccc(-c4ncccn4)cc3c3cc(-c4ncccn4)ccc32)ccc(-c2c(F)c(F)c(F)c(F)c2F)c1-n1c2ccc(-c3ncccn3)cc2c2cc(-c3ncccn3)ccc21. The van der Waals surface area contributed by atoms with Crippen molar-refractivity contribution in [2.45, 2.75) is 6.92 Å². The van der Waals surface area contributed by atoms with E-state index in [1.165, 1.54) is 6.07 Å². The Balaban J connectivity index is 1.20. The van der Waals surface area contributed by atoms with Crippen LogP contribution in [0.2, 0.25) is 0 Å². The average molecular weight is 901 g/mol. The van der Waals surface area contributed by atoms with Gasteiger partial charge in [0.2, 0.25) is 5.82 Å². The second-order valence-corrected chi connectivity index (χ2v) is 15.9. The lowest BCUT2D eigenvalue weighted by Gasteiger charge is -2.22. The summed E-state index contributed by atoms with van der Waals surface area (Å²) in [5, 5.41) is 2.99. The van der Waals surface area contributed by atoms with Gasteiger partial charge in [0.1, 0.15) is 0 Å². The van der Waals surface area contributed by atoms with Gasteiger partial charge in [-0.15, -0.1) is 0 Å². The summed E-state index contributed by atoms with van der Waals surface area (Å²) in [6.07, 6.45) is 13.2. The zero-order valence-electron chi connectivity index (χ0n) is 35.4. The summed E-state index contributed by atoms with van der Waals surface area (Å²) in [5.41, 5.74) is 5.30. The van der Waals surface area contributed by atoms with Crippen LogP contribution in [0.3, 0.4) is 0 Å². The van der Waals surface area contributed by atoms with Crippen LogP contribution >= 0.6 is 0 Å². The molecule has 0 aliphatic carbocycles. The Hall–Kier alpha value is -9.11. The number of hydrogen-bond donors (Lipinski definition) is 0.